The Morgan fingerprint density at radius 1 is 0.684 bits per heavy atom. The summed E-state index contributed by atoms with van der Waals surface area (Å²) < 4.78 is 0. The molecule has 19 heavy (non-hydrogen) atoms. The average Bonchev–Trinajstić information content (AvgIpc) is 2.47. The molecule has 0 aromatic heterocycles. The minimum atomic E-state index is 1.20. The lowest BCUT2D eigenvalue weighted by atomic mass is 9.96. The van der Waals surface area contributed by atoms with Gasteiger partial charge in [-0.15, -0.1) is 0 Å². The zero-order valence-electron chi connectivity index (χ0n) is 11.5. The minimum absolute atomic E-state index is 1.20. The molecule has 0 N–H and O–H groups in total. The van der Waals surface area contributed by atoms with Crippen molar-refractivity contribution in [3.63, 3.8) is 0 Å². The maximum absolute atomic E-state index is 2.29. The highest BCUT2D eigenvalue weighted by Gasteiger charge is 2.04. The van der Waals surface area contributed by atoms with Crippen LogP contribution in [0.3, 0.4) is 0 Å². The van der Waals surface area contributed by atoms with E-state index >= 15 is 0 Å². The van der Waals surface area contributed by atoms with Crippen LogP contribution in [0.1, 0.15) is 31.7 Å². The minimum Gasteiger partial charge on any atom is -0.0654 e. The number of unbranched alkanes of at least 4 members (excludes halogenated alkanes) is 2. The van der Waals surface area contributed by atoms with Gasteiger partial charge in [-0.05, 0) is 39.9 Å². The smallest absolute Gasteiger partial charge is 0.0103 e. The van der Waals surface area contributed by atoms with Crippen molar-refractivity contribution in [3.05, 3.63) is 60.2 Å². The Hall–Kier alpha value is -1.82. The molecule has 0 saturated heterocycles. The summed E-state index contributed by atoms with van der Waals surface area (Å²) in [6, 6.07) is 19.9. The topological polar surface area (TPSA) is 0 Å². The van der Waals surface area contributed by atoms with Crippen LogP contribution in [0, 0.1) is 0 Å². The van der Waals surface area contributed by atoms with Gasteiger partial charge in [-0.2, -0.15) is 0 Å². The van der Waals surface area contributed by atoms with E-state index in [2.05, 4.69) is 61.5 Å². The van der Waals surface area contributed by atoms with E-state index < -0.39 is 0 Å². The number of benzene rings is 3. The third-order valence-corrected chi connectivity index (χ3v) is 3.93. The summed E-state index contributed by atoms with van der Waals surface area (Å²) in [6.45, 7) is 2.26. The Morgan fingerprint density at radius 3 is 2.42 bits per heavy atom. The molecule has 0 amide bonds. The average molecular weight is 248 g/mol. The molecule has 0 saturated carbocycles. The van der Waals surface area contributed by atoms with Crippen LogP contribution in [0.15, 0.2) is 54.6 Å². The van der Waals surface area contributed by atoms with Gasteiger partial charge in [0.2, 0.25) is 0 Å². The predicted molar refractivity (Wildman–Crippen MR) is 84.7 cm³/mol. The summed E-state index contributed by atoms with van der Waals surface area (Å²) in [5.74, 6) is 0. The fourth-order valence-electron chi connectivity index (χ4n) is 2.89. The summed E-state index contributed by atoms with van der Waals surface area (Å²) in [7, 11) is 0. The molecule has 0 aliphatic carbocycles. The Kier molecular flexibility index (Phi) is 3.50. The molecular formula is C19H20. The van der Waals surface area contributed by atoms with E-state index in [0.717, 1.165) is 0 Å². The predicted octanol–water partition coefficient (Wildman–Crippen LogP) is 5.73. The molecule has 96 valence electrons. The normalized spacial score (nSPS) is 11.2. The van der Waals surface area contributed by atoms with Gasteiger partial charge in [-0.3, -0.25) is 0 Å². The molecule has 0 unspecified atom stereocenters. The first kappa shape index (κ1) is 12.2. The summed E-state index contributed by atoms with van der Waals surface area (Å²) in [5.41, 5.74) is 1.50. The molecule has 0 radical (unpaired) electrons. The molecule has 0 aliphatic heterocycles. The Morgan fingerprint density at radius 2 is 1.53 bits per heavy atom. The van der Waals surface area contributed by atoms with Crippen molar-refractivity contribution in [1.82, 2.24) is 0 Å². The summed E-state index contributed by atoms with van der Waals surface area (Å²) >= 11 is 0. The zero-order valence-corrected chi connectivity index (χ0v) is 11.5. The van der Waals surface area contributed by atoms with Crippen LogP contribution in [0.2, 0.25) is 0 Å². The molecule has 3 aromatic carbocycles. The second kappa shape index (κ2) is 5.44. The lowest BCUT2D eigenvalue weighted by molar-refractivity contribution is 0.720. The first-order chi connectivity index (χ1) is 9.40. The van der Waals surface area contributed by atoms with Gasteiger partial charge < -0.3 is 0 Å². The molecule has 3 aromatic rings. The Labute approximate surface area is 115 Å². The molecule has 0 heterocycles. The second-order valence-electron chi connectivity index (χ2n) is 5.26. The lowest BCUT2D eigenvalue weighted by Crippen LogP contribution is -1.88. The molecule has 0 aliphatic rings. The van der Waals surface area contributed by atoms with Crippen molar-refractivity contribution in [2.24, 2.45) is 0 Å². The van der Waals surface area contributed by atoms with Crippen molar-refractivity contribution in [3.8, 4) is 0 Å². The molecule has 0 nitrogen and oxygen atoms in total. The van der Waals surface area contributed by atoms with Crippen LogP contribution in [-0.2, 0) is 6.42 Å². The third-order valence-electron chi connectivity index (χ3n) is 3.93. The van der Waals surface area contributed by atoms with Gasteiger partial charge in [-0.1, -0.05) is 74.4 Å². The summed E-state index contributed by atoms with van der Waals surface area (Å²) in [5, 5.41) is 5.53. The third kappa shape index (κ3) is 2.35. The van der Waals surface area contributed by atoms with Crippen molar-refractivity contribution < 1.29 is 0 Å². The van der Waals surface area contributed by atoms with Gasteiger partial charge in [0.1, 0.15) is 0 Å². The van der Waals surface area contributed by atoms with Crippen LogP contribution >= 0.6 is 0 Å². The zero-order chi connectivity index (χ0) is 13.1. The summed E-state index contributed by atoms with van der Waals surface area (Å²) in [6.07, 6.45) is 5.10. The summed E-state index contributed by atoms with van der Waals surface area (Å²) in [4.78, 5) is 0. The van der Waals surface area contributed by atoms with Crippen LogP contribution in [0.4, 0.5) is 0 Å². The largest absolute Gasteiger partial charge is 0.0654 e. The molecule has 0 fully saturated rings. The number of aryl methyl sites for hydroxylation is 1. The van der Waals surface area contributed by atoms with Gasteiger partial charge in [0, 0.05) is 0 Å². The van der Waals surface area contributed by atoms with Crippen molar-refractivity contribution in [2.75, 3.05) is 0 Å². The van der Waals surface area contributed by atoms with Crippen LogP contribution < -0.4 is 0 Å². The van der Waals surface area contributed by atoms with Crippen LogP contribution in [0.25, 0.3) is 21.5 Å². The van der Waals surface area contributed by atoms with E-state index in [4.69, 9.17) is 0 Å². The maximum atomic E-state index is 2.29. The first-order valence-electron chi connectivity index (χ1n) is 7.29. The quantitative estimate of drug-likeness (QED) is 0.409. The monoisotopic (exact) mass is 248 g/mol. The standard InChI is InChI=1S/C19H20/c1-2-3-4-8-15-10-7-12-19-17-11-6-5-9-16(17)13-14-18(15)19/h5-7,9-14H,2-4,8H2,1H3. The van der Waals surface area contributed by atoms with Crippen molar-refractivity contribution in [1.29, 1.82) is 0 Å². The SMILES string of the molecule is CCCCCc1cccc2c1ccc1ccccc12. The van der Waals surface area contributed by atoms with Crippen molar-refractivity contribution >= 4 is 21.5 Å². The fraction of sp³-hybridized carbons (Fsp3) is 0.263. The van der Waals surface area contributed by atoms with Gasteiger partial charge in [0.15, 0.2) is 0 Å². The lowest BCUT2D eigenvalue weighted by Gasteiger charge is -2.09. The Bertz CT molecular complexity index is 695. The molecular weight excluding hydrogens is 228 g/mol. The number of fused-ring (bicyclic) bond motifs is 3. The van der Waals surface area contributed by atoms with E-state index in [1.54, 1.807) is 0 Å². The van der Waals surface area contributed by atoms with E-state index in [9.17, 15) is 0 Å². The van der Waals surface area contributed by atoms with E-state index in [1.807, 2.05) is 0 Å². The highest BCUT2D eigenvalue weighted by molar-refractivity contribution is 6.08. The van der Waals surface area contributed by atoms with E-state index in [-0.39, 0.29) is 0 Å². The highest BCUT2D eigenvalue weighted by Crippen LogP contribution is 2.28. The van der Waals surface area contributed by atoms with Gasteiger partial charge >= 0.3 is 0 Å². The molecule has 0 bridgehead atoms. The number of rotatable bonds is 4. The number of hydrogen-bond donors (Lipinski definition) is 0. The first-order valence-corrected chi connectivity index (χ1v) is 7.29. The molecule has 0 spiro atoms. The van der Waals surface area contributed by atoms with Crippen molar-refractivity contribution in [2.45, 2.75) is 32.6 Å². The molecule has 3 rings (SSSR count). The van der Waals surface area contributed by atoms with Crippen LogP contribution in [-0.4, -0.2) is 0 Å². The Balaban J connectivity index is 2.12. The van der Waals surface area contributed by atoms with Crippen LogP contribution in [0.5, 0.6) is 0 Å². The van der Waals surface area contributed by atoms with Gasteiger partial charge in [0.05, 0.1) is 0 Å². The maximum Gasteiger partial charge on any atom is -0.0103 e. The van der Waals surface area contributed by atoms with E-state index in [1.165, 1.54) is 52.8 Å². The number of hydrogen-bond acceptors (Lipinski definition) is 0. The highest BCUT2D eigenvalue weighted by atomic mass is 14.1. The molecule has 0 atom stereocenters. The molecule has 0 heteroatoms. The van der Waals surface area contributed by atoms with Gasteiger partial charge in [-0.25, -0.2) is 0 Å². The second-order valence-corrected chi connectivity index (χ2v) is 5.26. The van der Waals surface area contributed by atoms with Gasteiger partial charge in [0.25, 0.3) is 0 Å². The van der Waals surface area contributed by atoms with E-state index in [0.29, 0.717) is 0 Å². The fourth-order valence-corrected chi connectivity index (χ4v) is 2.89.